The number of carbonyl (C=O) groups excluding carboxylic acids is 1. The Bertz CT molecular complexity index is 317. The molecule has 2 fully saturated rings. The fourth-order valence-corrected chi connectivity index (χ4v) is 3.35. The maximum Gasteiger partial charge on any atom is 0.317 e. The lowest BCUT2D eigenvalue weighted by Gasteiger charge is -2.36. The lowest BCUT2D eigenvalue weighted by molar-refractivity contribution is 0.123. The van der Waals surface area contributed by atoms with Crippen LogP contribution in [-0.4, -0.2) is 66.3 Å². The van der Waals surface area contributed by atoms with E-state index in [-0.39, 0.29) is 18.6 Å². The summed E-state index contributed by atoms with van der Waals surface area (Å²) < 4.78 is 0. The van der Waals surface area contributed by atoms with Gasteiger partial charge in [-0.25, -0.2) is 4.79 Å². The zero-order chi connectivity index (χ0) is 15.1. The Morgan fingerprint density at radius 3 is 2.67 bits per heavy atom. The number of likely N-dealkylation sites (tertiary alicyclic amines) is 2. The lowest BCUT2D eigenvalue weighted by Crippen LogP contribution is -2.51. The fraction of sp³-hybridized carbons (Fsp3) is 0.938. The van der Waals surface area contributed by atoms with Crippen molar-refractivity contribution in [1.82, 2.24) is 15.1 Å². The molecule has 2 rings (SSSR count). The van der Waals surface area contributed by atoms with Crippen molar-refractivity contribution < 1.29 is 9.90 Å². The Balaban J connectivity index is 1.69. The third kappa shape index (κ3) is 5.15. The molecule has 0 aromatic rings. The van der Waals surface area contributed by atoms with E-state index >= 15 is 0 Å². The summed E-state index contributed by atoms with van der Waals surface area (Å²) in [4.78, 5) is 16.7. The summed E-state index contributed by atoms with van der Waals surface area (Å²) in [6.07, 6.45) is 6.69. The second-order valence-electron chi connectivity index (χ2n) is 6.56. The zero-order valence-corrected chi connectivity index (χ0v) is 13.4. The minimum Gasteiger partial charge on any atom is -0.396 e. The highest BCUT2D eigenvalue weighted by Gasteiger charge is 2.26. The number of rotatable bonds is 5. The number of nitrogens with zero attached hydrogens (tertiary/aromatic N) is 2. The summed E-state index contributed by atoms with van der Waals surface area (Å²) in [6, 6.07) is 0.394. The molecule has 0 bridgehead atoms. The van der Waals surface area contributed by atoms with E-state index in [1.54, 1.807) is 0 Å². The van der Waals surface area contributed by atoms with Crippen molar-refractivity contribution in [2.75, 3.05) is 39.3 Å². The molecule has 0 aliphatic carbocycles. The van der Waals surface area contributed by atoms with Crippen LogP contribution in [0.2, 0.25) is 0 Å². The normalized spacial score (nSPS) is 25.0. The molecule has 2 aliphatic rings. The second-order valence-corrected chi connectivity index (χ2v) is 6.56. The van der Waals surface area contributed by atoms with Crippen LogP contribution >= 0.6 is 0 Å². The first-order valence-electron chi connectivity index (χ1n) is 8.61. The number of nitrogens with one attached hydrogen (secondary N) is 1. The molecule has 2 amide bonds. The van der Waals surface area contributed by atoms with Gasteiger partial charge in [-0.1, -0.05) is 13.3 Å². The quantitative estimate of drug-likeness (QED) is 0.811. The molecule has 0 aromatic heterocycles. The van der Waals surface area contributed by atoms with Crippen molar-refractivity contribution in [3.05, 3.63) is 0 Å². The van der Waals surface area contributed by atoms with Crippen molar-refractivity contribution in [2.45, 2.75) is 51.5 Å². The monoisotopic (exact) mass is 297 g/mol. The molecule has 1 atom stereocenters. The summed E-state index contributed by atoms with van der Waals surface area (Å²) in [5.74, 6) is 0.264. The van der Waals surface area contributed by atoms with Crippen molar-refractivity contribution >= 4 is 6.03 Å². The van der Waals surface area contributed by atoms with Gasteiger partial charge >= 0.3 is 6.03 Å². The number of urea groups is 1. The highest BCUT2D eigenvalue weighted by Crippen LogP contribution is 2.17. The van der Waals surface area contributed by atoms with E-state index in [2.05, 4.69) is 17.1 Å². The minimum absolute atomic E-state index is 0.0696. The van der Waals surface area contributed by atoms with Gasteiger partial charge in [-0.15, -0.1) is 0 Å². The standard InChI is InChI=1S/C16H31N3O2/c1-2-3-8-18-10-6-15(7-11-18)17-16(21)19-9-4-5-14(12-19)13-20/h14-15,20H,2-13H2,1H3,(H,17,21). The third-order valence-electron chi connectivity index (χ3n) is 4.81. The molecule has 2 heterocycles. The maximum atomic E-state index is 12.3. The van der Waals surface area contributed by atoms with E-state index in [1.807, 2.05) is 4.90 Å². The molecule has 2 aliphatic heterocycles. The summed E-state index contributed by atoms with van der Waals surface area (Å²) in [5, 5.41) is 12.4. The highest BCUT2D eigenvalue weighted by molar-refractivity contribution is 5.74. The van der Waals surface area contributed by atoms with Gasteiger partial charge in [-0.3, -0.25) is 0 Å². The fourth-order valence-electron chi connectivity index (χ4n) is 3.35. The van der Waals surface area contributed by atoms with E-state index < -0.39 is 0 Å². The molecule has 0 spiro atoms. The molecule has 122 valence electrons. The topological polar surface area (TPSA) is 55.8 Å². The van der Waals surface area contributed by atoms with Crippen molar-refractivity contribution in [2.24, 2.45) is 5.92 Å². The van der Waals surface area contributed by atoms with Crippen molar-refractivity contribution in [1.29, 1.82) is 0 Å². The summed E-state index contributed by atoms with van der Waals surface area (Å²) >= 11 is 0. The van der Waals surface area contributed by atoms with Crippen LogP contribution in [0, 0.1) is 5.92 Å². The average Bonchev–Trinajstić information content (AvgIpc) is 2.54. The van der Waals surface area contributed by atoms with E-state index in [9.17, 15) is 9.90 Å². The number of amides is 2. The number of piperidine rings is 2. The highest BCUT2D eigenvalue weighted by atomic mass is 16.3. The smallest absolute Gasteiger partial charge is 0.317 e. The summed E-state index contributed by atoms with van der Waals surface area (Å²) in [6.45, 7) is 7.36. The summed E-state index contributed by atoms with van der Waals surface area (Å²) in [7, 11) is 0. The van der Waals surface area contributed by atoms with Gasteiger partial charge in [0.05, 0.1) is 0 Å². The molecule has 1 unspecified atom stereocenters. The number of carbonyl (C=O) groups is 1. The number of aliphatic hydroxyl groups is 1. The Morgan fingerprint density at radius 2 is 2.00 bits per heavy atom. The SMILES string of the molecule is CCCCN1CCC(NC(=O)N2CCCC(CO)C2)CC1. The van der Waals surface area contributed by atoms with Crippen LogP contribution in [0.25, 0.3) is 0 Å². The molecule has 0 saturated carbocycles. The first kappa shape index (κ1) is 16.6. The Morgan fingerprint density at radius 1 is 1.24 bits per heavy atom. The molecule has 5 nitrogen and oxygen atoms in total. The molecule has 2 N–H and O–H groups in total. The van der Waals surface area contributed by atoms with Crippen LogP contribution in [-0.2, 0) is 0 Å². The molecule has 2 saturated heterocycles. The lowest BCUT2D eigenvalue weighted by atomic mass is 9.99. The zero-order valence-electron chi connectivity index (χ0n) is 13.4. The second kappa shape index (κ2) is 8.59. The van der Waals surface area contributed by atoms with E-state index in [0.29, 0.717) is 12.6 Å². The van der Waals surface area contributed by atoms with Gasteiger partial charge in [0, 0.05) is 38.8 Å². The Hall–Kier alpha value is -0.810. The van der Waals surface area contributed by atoms with Crippen molar-refractivity contribution in [3.63, 3.8) is 0 Å². The number of aliphatic hydroxyl groups excluding tert-OH is 1. The Kier molecular flexibility index (Phi) is 6.77. The minimum atomic E-state index is 0.0696. The maximum absolute atomic E-state index is 12.3. The average molecular weight is 297 g/mol. The Labute approximate surface area is 128 Å². The van der Waals surface area contributed by atoms with Gasteiger partial charge in [0.2, 0.25) is 0 Å². The number of unbranched alkanes of at least 4 members (excludes halogenated alkanes) is 1. The molecule has 21 heavy (non-hydrogen) atoms. The van der Waals surface area contributed by atoms with Crippen LogP contribution in [0.1, 0.15) is 45.4 Å². The van der Waals surface area contributed by atoms with E-state index in [4.69, 9.17) is 0 Å². The predicted octanol–water partition coefficient (Wildman–Crippen LogP) is 1.66. The molecular formula is C16H31N3O2. The van der Waals surface area contributed by atoms with Gasteiger partial charge in [0.15, 0.2) is 0 Å². The van der Waals surface area contributed by atoms with Gasteiger partial charge in [-0.05, 0) is 44.6 Å². The number of hydrogen-bond acceptors (Lipinski definition) is 3. The molecule has 0 radical (unpaired) electrons. The molecular weight excluding hydrogens is 266 g/mol. The number of hydrogen-bond donors (Lipinski definition) is 2. The van der Waals surface area contributed by atoms with Gasteiger partial charge in [-0.2, -0.15) is 0 Å². The predicted molar refractivity (Wildman–Crippen MR) is 84.3 cm³/mol. The van der Waals surface area contributed by atoms with Crippen molar-refractivity contribution in [3.8, 4) is 0 Å². The summed E-state index contributed by atoms with van der Waals surface area (Å²) in [5.41, 5.74) is 0. The van der Waals surface area contributed by atoms with Crippen LogP contribution < -0.4 is 5.32 Å². The molecule has 0 aromatic carbocycles. The van der Waals surface area contributed by atoms with Crippen LogP contribution in [0.3, 0.4) is 0 Å². The molecule has 5 heteroatoms. The largest absolute Gasteiger partial charge is 0.396 e. The van der Waals surface area contributed by atoms with E-state index in [1.165, 1.54) is 19.4 Å². The van der Waals surface area contributed by atoms with Gasteiger partial charge in [0.25, 0.3) is 0 Å². The first-order valence-corrected chi connectivity index (χ1v) is 8.61. The van der Waals surface area contributed by atoms with Crippen LogP contribution in [0.4, 0.5) is 4.79 Å². The van der Waals surface area contributed by atoms with Crippen LogP contribution in [0.5, 0.6) is 0 Å². The third-order valence-corrected chi connectivity index (χ3v) is 4.81. The van der Waals surface area contributed by atoms with Gasteiger partial charge in [0.1, 0.15) is 0 Å². The van der Waals surface area contributed by atoms with Gasteiger partial charge < -0.3 is 20.2 Å². The van der Waals surface area contributed by atoms with Crippen LogP contribution in [0.15, 0.2) is 0 Å². The first-order chi connectivity index (χ1) is 10.2. The van der Waals surface area contributed by atoms with E-state index in [0.717, 1.165) is 45.3 Å².